The molecule has 1 saturated carbocycles. The Morgan fingerprint density at radius 1 is 1.29 bits per heavy atom. The van der Waals surface area contributed by atoms with Crippen LogP contribution in [0, 0.1) is 0 Å². The first-order valence-electron chi connectivity index (χ1n) is 7.83. The first-order valence-corrected chi connectivity index (χ1v) is 9.27. The molecule has 0 atom stereocenters. The summed E-state index contributed by atoms with van der Waals surface area (Å²) in [5.74, 6) is -1.75. The fraction of sp³-hybridized carbons (Fsp3) is 0.500. The summed E-state index contributed by atoms with van der Waals surface area (Å²) in [4.78, 5) is 23.2. The summed E-state index contributed by atoms with van der Waals surface area (Å²) in [6, 6.07) is 5.15. The molecule has 0 heterocycles. The number of carboxylic acids is 1. The molecule has 2 rings (SSSR count). The second-order valence-electron chi connectivity index (χ2n) is 5.66. The molecule has 0 saturated heterocycles. The number of nitrogens with zero attached hydrogens (tertiary/aromatic N) is 1. The predicted molar refractivity (Wildman–Crippen MR) is 86.2 cm³/mol. The first-order chi connectivity index (χ1) is 11.3. The van der Waals surface area contributed by atoms with Crippen molar-refractivity contribution in [2.75, 3.05) is 13.2 Å². The molecule has 0 amide bonds. The van der Waals surface area contributed by atoms with Crippen LogP contribution in [0.4, 0.5) is 0 Å². The molecule has 1 aromatic rings. The van der Waals surface area contributed by atoms with Crippen LogP contribution >= 0.6 is 0 Å². The maximum Gasteiger partial charge on any atom is 0.335 e. The molecular weight excluding hydrogens is 334 g/mol. The highest BCUT2D eigenvalue weighted by Crippen LogP contribution is 2.45. The average Bonchev–Trinajstić information content (AvgIpc) is 3.34. The van der Waals surface area contributed by atoms with E-state index in [4.69, 9.17) is 9.84 Å². The summed E-state index contributed by atoms with van der Waals surface area (Å²) < 4.78 is 32.3. The molecular formula is C16H21NO6S. The highest BCUT2D eigenvalue weighted by molar-refractivity contribution is 7.89. The van der Waals surface area contributed by atoms with Crippen molar-refractivity contribution in [1.29, 1.82) is 0 Å². The lowest BCUT2D eigenvalue weighted by atomic mass is 10.2. The first kappa shape index (κ1) is 18.4. The second kappa shape index (κ2) is 6.90. The Kier molecular flexibility index (Phi) is 5.29. The Morgan fingerprint density at radius 3 is 2.46 bits per heavy atom. The maximum atomic E-state index is 13.0. The van der Waals surface area contributed by atoms with E-state index >= 15 is 0 Å². The zero-order valence-corrected chi connectivity index (χ0v) is 14.5. The number of rotatable bonds is 8. The molecule has 1 aliphatic rings. The van der Waals surface area contributed by atoms with E-state index in [1.807, 2.05) is 6.92 Å². The lowest BCUT2D eigenvalue weighted by Crippen LogP contribution is -2.48. The van der Waals surface area contributed by atoms with Crippen LogP contribution in [0.25, 0.3) is 0 Å². The number of carboxylic acid groups (broad SMARTS) is 1. The minimum Gasteiger partial charge on any atom is -0.478 e. The largest absolute Gasteiger partial charge is 0.478 e. The van der Waals surface area contributed by atoms with Crippen molar-refractivity contribution in [3.8, 4) is 0 Å². The van der Waals surface area contributed by atoms with Gasteiger partial charge in [-0.15, -0.1) is 0 Å². The smallest absolute Gasteiger partial charge is 0.335 e. The van der Waals surface area contributed by atoms with Crippen molar-refractivity contribution in [3.05, 3.63) is 29.8 Å². The lowest BCUT2D eigenvalue weighted by molar-refractivity contribution is -0.149. The van der Waals surface area contributed by atoms with Crippen LogP contribution in [0.1, 0.15) is 43.5 Å². The van der Waals surface area contributed by atoms with Crippen LogP contribution in [0.15, 0.2) is 29.2 Å². The molecule has 132 valence electrons. The lowest BCUT2D eigenvalue weighted by Gasteiger charge is -2.29. The molecule has 1 N–H and O–H groups in total. The zero-order valence-electron chi connectivity index (χ0n) is 13.7. The third-order valence-corrected chi connectivity index (χ3v) is 5.91. The number of esters is 1. The van der Waals surface area contributed by atoms with Crippen LogP contribution in [0.5, 0.6) is 0 Å². The number of ether oxygens (including phenoxy) is 1. The van der Waals surface area contributed by atoms with E-state index in [1.54, 1.807) is 6.92 Å². The highest BCUT2D eigenvalue weighted by atomic mass is 32.2. The van der Waals surface area contributed by atoms with Gasteiger partial charge in [0.25, 0.3) is 0 Å². The summed E-state index contributed by atoms with van der Waals surface area (Å²) in [6.07, 6.45) is 1.34. The standard InChI is InChI=1S/C16H21NO6S/c1-3-10-17(16(8-9-16)15(20)23-4-2)24(21,22)13-7-5-6-12(11-13)14(18)19/h5-7,11H,3-4,8-10H2,1-2H3,(H,18,19). The second-order valence-corrected chi connectivity index (χ2v) is 7.52. The van der Waals surface area contributed by atoms with E-state index in [1.165, 1.54) is 22.5 Å². The molecule has 0 unspecified atom stereocenters. The van der Waals surface area contributed by atoms with Gasteiger partial charge in [-0.2, -0.15) is 4.31 Å². The highest BCUT2D eigenvalue weighted by Gasteiger charge is 2.59. The van der Waals surface area contributed by atoms with Crippen molar-refractivity contribution in [2.45, 2.75) is 43.5 Å². The van der Waals surface area contributed by atoms with Gasteiger partial charge < -0.3 is 9.84 Å². The molecule has 0 aromatic heterocycles. The van der Waals surface area contributed by atoms with Gasteiger partial charge in [0.05, 0.1) is 17.1 Å². The predicted octanol–water partition coefficient (Wildman–Crippen LogP) is 1.88. The Hall–Kier alpha value is -1.93. The average molecular weight is 355 g/mol. The van der Waals surface area contributed by atoms with Gasteiger partial charge in [0, 0.05) is 6.54 Å². The Bertz CT molecular complexity index is 739. The summed E-state index contributed by atoms with van der Waals surface area (Å²) in [5, 5.41) is 9.06. The van der Waals surface area contributed by atoms with Gasteiger partial charge in [-0.1, -0.05) is 13.0 Å². The summed E-state index contributed by atoms with van der Waals surface area (Å²) in [5.41, 5.74) is -1.28. The Balaban J connectivity index is 2.45. The molecule has 8 heteroatoms. The van der Waals surface area contributed by atoms with Crippen LogP contribution in [0.3, 0.4) is 0 Å². The fourth-order valence-electron chi connectivity index (χ4n) is 2.62. The number of sulfonamides is 1. The van der Waals surface area contributed by atoms with E-state index in [-0.39, 0.29) is 23.6 Å². The SMILES string of the molecule is CCCN(C1(C(=O)OCC)CC1)S(=O)(=O)c1cccc(C(=O)O)c1. The van der Waals surface area contributed by atoms with Gasteiger partial charge in [0.2, 0.25) is 10.0 Å². The van der Waals surface area contributed by atoms with E-state index in [2.05, 4.69) is 0 Å². The molecule has 1 fully saturated rings. The summed E-state index contributed by atoms with van der Waals surface area (Å²) in [7, 11) is -4.01. The number of hydrogen-bond acceptors (Lipinski definition) is 5. The van der Waals surface area contributed by atoms with Gasteiger partial charge in [-0.05, 0) is 44.4 Å². The van der Waals surface area contributed by atoms with E-state index in [0.717, 1.165) is 6.07 Å². The molecule has 0 spiro atoms. The molecule has 1 aliphatic carbocycles. The van der Waals surface area contributed by atoms with E-state index < -0.39 is 27.5 Å². The Labute approximate surface area is 141 Å². The molecule has 0 radical (unpaired) electrons. The normalized spacial score (nSPS) is 16.0. The molecule has 0 bridgehead atoms. The fourth-order valence-corrected chi connectivity index (χ4v) is 4.54. The van der Waals surface area contributed by atoms with Gasteiger partial charge >= 0.3 is 11.9 Å². The maximum absolute atomic E-state index is 13.0. The van der Waals surface area contributed by atoms with Gasteiger partial charge in [0.15, 0.2) is 0 Å². The number of hydrogen-bond donors (Lipinski definition) is 1. The minimum atomic E-state index is -4.01. The number of aromatic carboxylic acids is 1. The van der Waals surface area contributed by atoms with E-state index in [9.17, 15) is 18.0 Å². The molecule has 24 heavy (non-hydrogen) atoms. The summed E-state index contributed by atoms with van der Waals surface area (Å²) in [6.45, 7) is 3.83. The molecule has 0 aliphatic heterocycles. The topological polar surface area (TPSA) is 101 Å². The molecule has 7 nitrogen and oxygen atoms in total. The van der Waals surface area contributed by atoms with Crippen molar-refractivity contribution in [2.24, 2.45) is 0 Å². The van der Waals surface area contributed by atoms with Gasteiger partial charge in [-0.25, -0.2) is 13.2 Å². The number of benzene rings is 1. The van der Waals surface area contributed by atoms with Gasteiger partial charge in [0.1, 0.15) is 5.54 Å². The van der Waals surface area contributed by atoms with Crippen LogP contribution in [-0.2, 0) is 19.6 Å². The third kappa shape index (κ3) is 3.29. The summed E-state index contributed by atoms with van der Waals surface area (Å²) >= 11 is 0. The van der Waals surface area contributed by atoms with Crippen LogP contribution < -0.4 is 0 Å². The minimum absolute atomic E-state index is 0.117. The van der Waals surface area contributed by atoms with Crippen molar-refractivity contribution in [3.63, 3.8) is 0 Å². The zero-order chi connectivity index (χ0) is 18.0. The quantitative estimate of drug-likeness (QED) is 0.715. The van der Waals surface area contributed by atoms with Gasteiger partial charge in [-0.3, -0.25) is 4.79 Å². The number of carbonyl (C=O) groups is 2. The molecule has 1 aromatic carbocycles. The number of carbonyl (C=O) groups excluding carboxylic acids is 1. The van der Waals surface area contributed by atoms with E-state index in [0.29, 0.717) is 19.3 Å². The van der Waals surface area contributed by atoms with Crippen molar-refractivity contribution < 1.29 is 27.9 Å². The van der Waals surface area contributed by atoms with Crippen LogP contribution in [0.2, 0.25) is 0 Å². The third-order valence-electron chi connectivity index (χ3n) is 3.95. The van der Waals surface area contributed by atoms with Crippen molar-refractivity contribution in [1.82, 2.24) is 4.31 Å². The Morgan fingerprint density at radius 2 is 1.96 bits per heavy atom. The van der Waals surface area contributed by atoms with Crippen LogP contribution in [-0.4, -0.2) is 48.5 Å². The van der Waals surface area contributed by atoms with Crippen molar-refractivity contribution >= 4 is 22.0 Å². The monoisotopic (exact) mass is 355 g/mol.